The van der Waals surface area contributed by atoms with E-state index in [1.807, 2.05) is 0 Å². The Labute approximate surface area is 145 Å². The third-order valence-corrected chi connectivity index (χ3v) is 4.75. The van der Waals surface area contributed by atoms with Crippen LogP contribution in [0.25, 0.3) is 0 Å². The first-order chi connectivity index (χ1) is 11.7. The second kappa shape index (κ2) is 7.52. The van der Waals surface area contributed by atoms with E-state index in [1.54, 1.807) is 24.3 Å². The third kappa shape index (κ3) is 4.69. The summed E-state index contributed by atoms with van der Waals surface area (Å²) < 4.78 is 43.5. The van der Waals surface area contributed by atoms with Gasteiger partial charge in [0.15, 0.2) is 0 Å². The second-order valence-electron chi connectivity index (χ2n) is 5.44. The van der Waals surface area contributed by atoms with Gasteiger partial charge in [0.2, 0.25) is 10.0 Å². The number of benzene rings is 2. The molecule has 2 aromatic rings. The van der Waals surface area contributed by atoms with Crippen molar-refractivity contribution in [1.82, 2.24) is 0 Å². The first kappa shape index (κ1) is 18.7. The van der Waals surface area contributed by atoms with E-state index < -0.39 is 27.9 Å². The van der Waals surface area contributed by atoms with Crippen molar-refractivity contribution in [2.24, 2.45) is 0 Å². The standard InChI is InChI=1S/C17H18FNO5S/c1-24-15-5-3-4-12(10-15)11-16(17(20)21)19(25(2,22)23)14-8-6-13(18)7-9-14/h3-10,16H,11H2,1-2H3,(H,20,21)/t16-/m0/s1. The number of ether oxygens (including phenoxy) is 1. The van der Waals surface area contributed by atoms with Gasteiger partial charge in [0.1, 0.15) is 17.6 Å². The van der Waals surface area contributed by atoms with Crippen LogP contribution in [-0.2, 0) is 21.2 Å². The summed E-state index contributed by atoms with van der Waals surface area (Å²) in [6.45, 7) is 0. The predicted molar refractivity (Wildman–Crippen MR) is 91.8 cm³/mol. The Morgan fingerprint density at radius 1 is 1.24 bits per heavy atom. The number of aliphatic carboxylic acids is 1. The van der Waals surface area contributed by atoms with Gasteiger partial charge in [-0.3, -0.25) is 4.31 Å². The van der Waals surface area contributed by atoms with Gasteiger partial charge in [0, 0.05) is 6.42 Å². The number of rotatable bonds is 7. The lowest BCUT2D eigenvalue weighted by Gasteiger charge is -2.29. The quantitative estimate of drug-likeness (QED) is 0.812. The minimum atomic E-state index is -3.91. The summed E-state index contributed by atoms with van der Waals surface area (Å²) in [5.74, 6) is -1.32. The van der Waals surface area contributed by atoms with E-state index in [2.05, 4.69) is 0 Å². The minimum absolute atomic E-state index is 0.0724. The lowest BCUT2D eigenvalue weighted by Crippen LogP contribution is -2.46. The van der Waals surface area contributed by atoms with Gasteiger partial charge in [0.05, 0.1) is 19.1 Å². The topological polar surface area (TPSA) is 83.9 Å². The minimum Gasteiger partial charge on any atom is -0.497 e. The van der Waals surface area contributed by atoms with E-state index in [0.717, 1.165) is 22.7 Å². The number of nitrogens with zero attached hydrogens (tertiary/aromatic N) is 1. The molecule has 0 saturated heterocycles. The van der Waals surface area contributed by atoms with Gasteiger partial charge in [-0.2, -0.15) is 0 Å². The van der Waals surface area contributed by atoms with Crippen molar-refractivity contribution in [3.05, 3.63) is 59.9 Å². The molecular weight excluding hydrogens is 349 g/mol. The Morgan fingerprint density at radius 3 is 2.40 bits per heavy atom. The average Bonchev–Trinajstić information content (AvgIpc) is 2.55. The Morgan fingerprint density at radius 2 is 1.88 bits per heavy atom. The molecule has 2 rings (SSSR count). The van der Waals surface area contributed by atoms with Crippen LogP contribution in [0.1, 0.15) is 5.56 Å². The van der Waals surface area contributed by atoms with Crippen molar-refractivity contribution < 1.29 is 27.4 Å². The van der Waals surface area contributed by atoms with Crippen LogP contribution >= 0.6 is 0 Å². The molecule has 0 aliphatic heterocycles. The number of carbonyl (C=O) groups is 1. The molecule has 6 nitrogen and oxygen atoms in total. The highest BCUT2D eigenvalue weighted by molar-refractivity contribution is 7.92. The number of halogens is 1. The van der Waals surface area contributed by atoms with E-state index in [1.165, 1.54) is 19.2 Å². The lowest BCUT2D eigenvalue weighted by molar-refractivity contribution is -0.138. The van der Waals surface area contributed by atoms with Gasteiger partial charge in [-0.1, -0.05) is 12.1 Å². The molecule has 0 bridgehead atoms. The number of hydrogen-bond donors (Lipinski definition) is 1. The molecule has 2 aromatic carbocycles. The van der Waals surface area contributed by atoms with Crippen molar-refractivity contribution in [3.63, 3.8) is 0 Å². The van der Waals surface area contributed by atoms with Gasteiger partial charge in [-0.15, -0.1) is 0 Å². The summed E-state index contributed by atoms with van der Waals surface area (Å²) in [6.07, 6.45) is 0.842. The third-order valence-electron chi connectivity index (χ3n) is 3.57. The summed E-state index contributed by atoms with van der Waals surface area (Å²) in [5, 5.41) is 9.60. The van der Waals surface area contributed by atoms with Crippen molar-refractivity contribution in [2.45, 2.75) is 12.5 Å². The fourth-order valence-electron chi connectivity index (χ4n) is 2.48. The normalized spacial score (nSPS) is 12.4. The van der Waals surface area contributed by atoms with Crippen molar-refractivity contribution >= 4 is 21.7 Å². The monoisotopic (exact) mass is 367 g/mol. The predicted octanol–water partition coefficient (Wildman–Crippen LogP) is 2.30. The summed E-state index contributed by atoms with van der Waals surface area (Å²) in [7, 11) is -2.43. The molecule has 0 aliphatic carbocycles. The number of carboxylic acid groups (broad SMARTS) is 1. The van der Waals surface area contributed by atoms with Crippen LogP contribution in [0.15, 0.2) is 48.5 Å². The molecule has 0 aliphatic rings. The summed E-state index contributed by atoms with van der Waals surface area (Å²) in [6, 6.07) is 9.97. The molecule has 1 N–H and O–H groups in total. The molecule has 0 amide bonds. The van der Waals surface area contributed by atoms with Crippen LogP contribution in [0.4, 0.5) is 10.1 Å². The van der Waals surface area contributed by atoms with Gasteiger partial charge in [-0.05, 0) is 42.0 Å². The highest BCUT2D eigenvalue weighted by Crippen LogP contribution is 2.24. The number of carboxylic acids is 1. The Hall–Kier alpha value is -2.61. The maximum atomic E-state index is 13.1. The highest BCUT2D eigenvalue weighted by atomic mass is 32.2. The molecular formula is C17H18FNO5S. The van der Waals surface area contributed by atoms with Gasteiger partial charge >= 0.3 is 5.97 Å². The highest BCUT2D eigenvalue weighted by Gasteiger charge is 2.33. The first-order valence-corrected chi connectivity index (χ1v) is 9.18. The van der Waals surface area contributed by atoms with E-state index in [4.69, 9.17) is 4.74 Å². The number of anilines is 1. The van der Waals surface area contributed by atoms with Gasteiger partial charge in [0.25, 0.3) is 0 Å². The zero-order valence-electron chi connectivity index (χ0n) is 13.7. The molecule has 25 heavy (non-hydrogen) atoms. The van der Waals surface area contributed by atoms with E-state index in [9.17, 15) is 22.7 Å². The number of methoxy groups -OCH3 is 1. The second-order valence-corrected chi connectivity index (χ2v) is 7.30. The molecule has 0 aromatic heterocycles. The molecule has 0 saturated carbocycles. The molecule has 0 unspecified atom stereocenters. The summed E-state index contributed by atoms with van der Waals surface area (Å²) in [4.78, 5) is 11.8. The van der Waals surface area contributed by atoms with Crippen LogP contribution in [0.3, 0.4) is 0 Å². The van der Waals surface area contributed by atoms with Gasteiger partial charge < -0.3 is 9.84 Å². The fourth-order valence-corrected chi connectivity index (χ4v) is 3.62. The van der Waals surface area contributed by atoms with Crippen molar-refractivity contribution in [1.29, 1.82) is 0 Å². The zero-order chi connectivity index (χ0) is 18.6. The number of hydrogen-bond acceptors (Lipinski definition) is 4. The van der Waals surface area contributed by atoms with Crippen LogP contribution in [0, 0.1) is 5.82 Å². The molecule has 0 fully saturated rings. The fraction of sp³-hybridized carbons (Fsp3) is 0.235. The van der Waals surface area contributed by atoms with E-state index >= 15 is 0 Å². The van der Waals surface area contributed by atoms with Crippen molar-refractivity contribution in [2.75, 3.05) is 17.7 Å². The molecule has 0 heterocycles. The average molecular weight is 367 g/mol. The lowest BCUT2D eigenvalue weighted by atomic mass is 10.1. The van der Waals surface area contributed by atoms with E-state index in [-0.39, 0.29) is 12.1 Å². The van der Waals surface area contributed by atoms with Gasteiger partial charge in [-0.25, -0.2) is 17.6 Å². The Kier molecular flexibility index (Phi) is 5.63. The van der Waals surface area contributed by atoms with Crippen LogP contribution in [-0.4, -0.2) is 38.9 Å². The molecule has 0 spiro atoms. The van der Waals surface area contributed by atoms with Crippen LogP contribution in [0.2, 0.25) is 0 Å². The largest absolute Gasteiger partial charge is 0.497 e. The van der Waals surface area contributed by atoms with Crippen LogP contribution < -0.4 is 9.04 Å². The zero-order valence-corrected chi connectivity index (χ0v) is 14.5. The molecule has 134 valence electrons. The van der Waals surface area contributed by atoms with Crippen molar-refractivity contribution in [3.8, 4) is 5.75 Å². The van der Waals surface area contributed by atoms with Crippen LogP contribution in [0.5, 0.6) is 5.75 Å². The van der Waals surface area contributed by atoms with E-state index in [0.29, 0.717) is 11.3 Å². The molecule has 1 atom stereocenters. The maximum absolute atomic E-state index is 13.1. The SMILES string of the molecule is COc1cccc(C[C@@H](C(=O)O)N(c2ccc(F)cc2)S(C)(=O)=O)c1. The first-order valence-electron chi connectivity index (χ1n) is 7.33. The summed E-state index contributed by atoms with van der Waals surface area (Å²) in [5.41, 5.74) is 0.682. The molecule has 0 radical (unpaired) electrons. The molecule has 8 heteroatoms. The number of sulfonamides is 1. The smallest absolute Gasteiger partial charge is 0.327 e. The Bertz CT molecular complexity index is 852. The maximum Gasteiger partial charge on any atom is 0.327 e. The Balaban J connectivity index is 2.46. The summed E-state index contributed by atoms with van der Waals surface area (Å²) >= 11 is 0.